The van der Waals surface area contributed by atoms with Crippen molar-refractivity contribution in [3.63, 3.8) is 0 Å². The summed E-state index contributed by atoms with van der Waals surface area (Å²) in [6, 6.07) is 7.40. The number of carbonyl (C=O) groups is 1. The maximum absolute atomic E-state index is 11.1. The van der Waals surface area contributed by atoms with Crippen LogP contribution in [0.15, 0.2) is 24.3 Å². The zero-order chi connectivity index (χ0) is 11.3. The molecule has 3 heteroatoms. The molecule has 0 N–H and O–H groups in total. The first kappa shape index (κ1) is 11.9. The summed E-state index contributed by atoms with van der Waals surface area (Å²) in [5, 5.41) is 0. The Morgan fingerprint density at radius 1 is 1.27 bits per heavy atom. The largest absolute Gasteiger partial charge is 0.382 e. The number of Topliss-reactive ketones (excluding diaryl/α,β-unsaturated/α-hetero) is 1. The van der Waals surface area contributed by atoms with Crippen LogP contribution in [-0.4, -0.2) is 26.6 Å². The maximum atomic E-state index is 11.1. The molecule has 3 nitrogen and oxygen atoms in total. The summed E-state index contributed by atoms with van der Waals surface area (Å²) in [6.45, 7) is 2.06. The van der Waals surface area contributed by atoms with E-state index in [1.165, 1.54) is 0 Å². The Bertz CT molecular complexity index is 316. The molecule has 0 radical (unpaired) electrons. The zero-order valence-electron chi connectivity index (χ0n) is 9.32. The lowest BCUT2D eigenvalue weighted by Gasteiger charge is -2.14. The fourth-order valence-corrected chi connectivity index (χ4v) is 1.38. The molecule has 0 amide bonds. The first-order valence-corrected chi connectivity index (χ1v) is 4.81. The molecule has 0 saturated carbocycles. The third kappa shape index (κ3) is 3.15. The van der Waals surface area contributed by atoms with Crippen molar-refractivity contribution in [3.05, 3.63) is 35.4 Å². The fraction of sp³-hybridized carbons (Fsp3) is 0.417. The molecule has 1 aromatic rings. The summed E-state index contributed by atoms with van der Waals surface area (Å²) in [5.41, 5.74) is 1.73. The molecule has 1 atom stereocenters. The minimum absolute atomic E-state index is 0.0715. The summed E-state index contributed by atoms with van der Waals surface area (Å²) < 4.78 is 10.3. The Hall–Kier alpha value is -1.19. The Morgan fingerprint density at radius 2 is 1.87 bits per heavy atom. The molecule has 0 unspecified atom stereocenters. The normalized spacial score (nSPS) is 12.5. The Balaban J connectivity index is 2.81. The third-order valence-corrected chi connectivity index (χ3v) is 2.29. The van der Waals surface area contributed by atoms with Gasteiger partial charge in [0.25, 0.3) is 0 Å². The summed E-state index contributed by atoms with van der Waals surface area (Å²) in [6.07, 6.45) is -0.0731. The lowest BCUT2D eigenvalue weighted by molar-refractivity contribution is 0.0275. The van der Waals surface area contributed by atoms with Gasteiger partial charge in [-0.15, -0.1) is 0 Å². The van der Waals surface area contributed by atoms with E-state index in [-0.39, 0.29) is 11.9 Å². The van der Waals surface area contributed by atoms with Crippen molar-refractivity contribution in [2.45, 2.75) is 13.0 Å². The summed E-state index contributed by atoms with van der Waals surface area (Å²) >= 11 is 0. The average molecular weight is 208 g/mol. The predicted molar refractivity (Wildman–Crippen MR) is 58.1 cm³/mol. The van der Waals surface area contributed by atoms with Gasteiger partial charge >= 0.3 is 0 Å². The molecule has 0 spiro atoms. The second-order valence-corrected chi connectivity index (χ2v) is 3.36. The van der Waals surface area contributed by atoms with E-state index < -0.39 is 0 Å². The van der Waals surface area contributed by atoms with E-state index in [1.807, 2.05) is 12.1 Å². The molecule has 0 aliphatic carbocycles. The number of ketones is 1. The van der Waals surface area contributed by atoms with Crippen LogP contribution in [0.3, 0.4) is 0 Å². The van der Waals surface area contributed by atoms with Crippen LogP contribution in [-0.2, 0) is 9.47 Å². The Morgan fingerprint density at radius 3 is 2.27 bits per heavy atom. The molecule has 0 fully saturated rings. The van der Waals surface area contributed by atoms with Crippen molar-refractivity contribution < 1.29 is 14.3 Å². The Labute approximate surface area is 90.0 Å². The molecule has 15 heavy (non-hydrogen) atoms. The van der Waals surface area contributed by atoms with Crippen molar-refractivity contribution in [3.8, 4) is 0 Å². The molecule has 0 aliphatic heterocycles. The van der Waals surface area contributed by atoms with Gasteiger partial charge in [0.2, 0.25) is 0 Å². The van der Waals surface area contributed by atoms with Gasteiger partial charge in [0.1, 0.15) is 6.10 Å². The van der Waals surface area contributed by atoms with E-state index in [9.17, 15) is 4.79 Å². The second-order valence-electron chi connectivity index (χ2n) is 3.36. The number of carbonyl (C=O) groups excluding carboxylic acids is 1. The molecule has 0 saturated heterocycles. The zero-order valence-corrected chi connectivity index (χ0v) is 9.32. The van der Waals surface area contributed by atoms with Crippen LogP contribution in [0.2, 0.25) is 0 Å². The summed E-state index contributed by atoms with van der Waals surface area (Å²) in [4.78, 5) is 11.1. The number of benzene rings is 1. The van der Waals surface area contributed by atoms with Gasteiger partial charge in [0, 0.05) is 19.8 Å². The molecule has 1 rings (SSSR count). The van der Waals surface area contributed by atoms with Crippen molar-refractivity contribution >= 4 is 5.78 Å². The van der Waals surface area contributed by atoms with Gasteiger partial charge in [-0.05, 0) is 12.5 Å². The van der Waals surface area contributed by atoms with Gasteiger partial charge < -0.3 is 9.47 Å². The first-order valence-electron chi connectivity index (χ1n) is 4.81. The number of hydrogen-bond donors (Lipinski definition) is 0. The highest BCUT2D eigenvalue weighted by Gasteiger charge is 2.10. The van der Waals surface area contributed by atoms with Gasteiger partial charge in [-0.1, -0.05) is 24.3 Å². The van der Waals surface area contributed by atoms with E-state index in [4.69, 9.17) is 9.47 Å². The van der Waals surface area contributed by atoms with Crippen LogP contribution >= 0.6 is 0 Å². The minimum atomic E-state index is -0.0731. The second kappa shape index (κ2) is 5.63. The van der Waals surface area contributed by atoms with Crippen molar-refractivity contribution in [2.24, 2.45) is 0 Å². The molecule has 0 aromatic heterocycles. The summed E-state index contributed by atoms with van der Waals surface area (Å²) in [7, 11) is 3.28. The van der Waals surface area contributed by atoms with E-state index >= 15 is 0 Å². The van der Waals surface area contributed by atoms with Crippen LogP contribution in [0.4, 0.5) is 0 Å². The van der Waals surface area contributed by atoms with Crippen LogP contribution in [0.1, 0.15) is 28.9 Å². The quantitative estimate of drug-likeness (QED) is 0.696. The highest BCUT2D eigenvalue weighted by Crippen LogP contribution is 2.17. The van der Waals surface area contributed by atoms with Crippen LogP contribution < -0.4 is 0 Å². The maximum Gasteiger partial charge on any atom is 0.159 e. The lowest BCUT2D eigenvalue weighted by Crippen LogP contribution is -2.08. The van der Waals surface area contributed by atoms with E-state index in [0.29, 0.717) is 12.2 Å². The number of methoxy groups -OCH3 is 2. The van der Waals surface area contributed by atoms with E-state index in [0.717, 1.165) is 5.56 Å². The molecule has 0 heterocycles. The van der Waals surface area contributed by atoms with Crippen LogP contribution in [0.25, 0.3) is 0 Å². The van der Waals surface area contributed by atoms with Crippen LogP contribution in [0, 0.1) is 0 Å². The molecule has 0 bridgehead atoms. The number of hydrogen-bond acceptors (Lipinski definition) is 3. The molecule has 82 valence electrons. The third-order valence-electron chi connectivity index (χ3n) is 2.29. The van der Waals surface area contributed by atoms with Gasteiger partial charge in [0.15, 0.2) is 5.78 Å². The molecule has 0 aliphatic rings. The molecular weight excluding hydrogens is 192 g/mol. The average Bonchev–Trinajstić information content (AvgIpc) is 2.26. The van der Waals surface area contributed by atoms with E-state index in [2.05, 4.69) is 0 Å². The first-order chi connectivity index (χ1) is 7.19. The summed E-state index contributed by atoms with van der Waals surface area (Å²) in [5.74, 6) is 0.0715. The highest BCUT2D eigenvalue weighted by atomic mass is 16.5. The lowest BCUT2D eigenvalue weighted by atomic mass is 10.1. The van der Waals surface area contributed by atoms with Gasteiger partial charge in [-0.2, -0.15) is 0 Å². The minimum Gasteiger partial charge on any atom is -0.382 e. The molecule has 1 aromatic carbocycles. The number of ether oxygens (including phenoxy) is 2. The van der Waals surface area contributed by atoms with Crippen molar-refractivity contribution in [1.29, 1.82) is 0 Å². The van der Waals surface area contributed by atoms with Crippen LogP contribution in [0.5, 0.6) is 0 Å². The predicted octanol–water partition coefficient (Wildman–Crippen LogP) is 2.22. The van der Waals surface area contributed by atoms with Gasteiger partial charge in [-0.25, -0.2) is 0 Å². The molecular formula is C12H16O3. The number of rotatable bonds is 5. The van der Waals surface area contributed by atoms with Gasteiger partial charge in [0.05, 0.1) is 6.61 Å². The fourth-order valence-electron chi connectivity index (χ4n) is 1.38. The Kier molecular flexibility index (Phi) is 4.46. The van der Waals surface area contributed by atoms with Gasteiger partial charge in [-0.3, -0.25) is 4.79 Å². The van der Waals surface area contributed by atoms with Crippen molar-refractivity contribution in [2.75, 3.05) is 20.8 Å². The van der Waals surface area contributed by atoms with Crippen molar-refractivity contribution in [1.82, 2.24) is 0 Å². The smallest absolute Gasteiger partial charge is 0.159 e. The SMILES string of the molecule is COC[C@H](OC)c1ccc(C(C)=O)cc1. The highest BCUT2D eigenvalue weighted by molar-refractivity contribution is 5.94. The van der Waals surface area contributed by atoms with E-state index in [1.54, 1.807) is 33.3 Å². The topological polar surface area (TPSA) is 35.5 Å². The standard InChI is InChI=1S/C12H16O3/c1-9(13)10-4-6-11(7-5-10)12(15-3)8-14-2/h4-7,12H,8H2,1-3H3/t12-/m0/s1. The monoisotopic (exact) mass is 208 g/mol.